The third-order valence-electron chi connectivity index (χ3n) is 4.46. The molecule has 28 heavy (non-hydrogen) atoms. The number of ether oxygens (including phenoxy) is 1. The van der Waals surface area contributed by atoms with Crippen molar-refractivity contribution >= 4 is 11.8 Å². The van der Waals surface area contributed by atoms with Crippen molar-refractivity contribution in [3.8, 4) is 28.7 Å². The number of benzene rings is 1. The lowest BCUT2D eigenvalue weighted by atomic mass is 9.96. The molecule has 0 amide bonds. The summed E-state index contributed by atoms with van der Waals surface area (Å²) in [5, 5.41) is 0. The lowest BCUT2D eigenvalue weighted by Crippen LogP contribution is -2.06. The molecule has 1 aromatic carbocycles. The van der Waals surface area contributed by atoms with E-state index in [-0.39, 0.29) is 11.9 Å². The van der Waals surface area contributed by atoms with Crippen molar-refractivity contribution in [2.24, 2.45) is 0 Å². The van der Waals surface area contributed by atoms with Gasteiger partial charge in [-0.1, -0.05) is 18.8 Å². The molecule has 6 nitrogen and oxygen atoms in total. The fourth-order valence-electron chi connectivity index (χ4n) is 2.90. The molecule has 0 fully saturated rings. The second kappa shape index (κ2) is 8.40. The fraction of sp³-hybridized carbons (Fsp3) is 0.227. The summed E-state index contributed by atoms with van der Waals surface area (Å²) in [7, 11) is 1.66. The molecule has 0 unspecified atom stereocenters. The van der Waals surface area contributed by atoms with E-state index in [0.717, 1.165) is 28.1 Å². The number of hydrogen-bond acceptors (Lipinski definition) is 6. The molecule has 3 rings (SSSR count). The smallest absolute Gasteiger partial charge is 0.222 e. The van der Waals surface area contributed by atoms with E-state index < -0.39 is 0 Å². The predicted octanol–water partition coefficient (Wildman–Crippen LogP) is 3.43. The minimum Gasteiger partial charge on any atom is -0.497 e. The molecule has 0 saturated heterocycles. The Morgan fingerprint density at radius 3 is 2.50 bits per heavy atom. The van der Waals surface area contributed by atoms with Crippen LogP contribution in [0.5, 0.6) is 5.75 Å². The van der Waals surface area contributed by atoms with Crippen LogP contribution in [0.1, 0.15) is 36.6 Å². The Kier molecular flexibility index (Phi) is 5.75. The Bertz CT molecular complexity index is 1040. The molecule has 2 heterocycles. The van der Waals surface area contributed by atoms with Crippen LogP contribution in [0.4, 0.5) is 11.8 Å². The van der Waals surface area contributed by atoms with Gasteiger partial charge in [0.1, 0.15) is 11.6 Å². The van der Waals surface area contributed by atoms with E-state index in [1.807, 2.05) is 38.1 Å². The van der Waals surface area contributed by atoms with Gasteiger partial charge in [-0.05, 0) is 60.4 Å². The van der Waals surface area contributed by atoms with Gasteiger partial charge < -0.3 is 16.2 Å². The minimum absolute atomic E-state index is 0.0441. The van der Waals surface area contributed by atoms with Crippen LogP contribution in [0.3, 0.4) is 0 Å². The first kappa shape index (κ1) is 19.2. The van der Waals surface area contributed by atoms with Crippen LogP contribution in [-0.2, 0) is 6.42 Å². The molecule has 3 aromatic rings. The highest BCUT2D eigenvalue weighted by Gasteiger charge is 2.10. The second-order valence-corrected chi connectivity index (χ2v) is 6.36. The molecule has 2 aromatic heterocycles. The first-order valence-electron chi connectivity index (χ1n) is 9.04. The Balaban J connectivity index is 1.99. The summed E-state index contributed by atoms with van der Waals surface area (Å²) in [5.74, 6) is 7.63. The van der Waals surface area contributed by atoms with E-state index in [0.29, 0.717) is 17.8 Å². The number of pyridine rings is 1. The summed E-state index contributed by atoms with van der Waals surface area (Å²) in [6, 6.07) is 10.0. The third-order valence-corrected chi connectivity index (χ3v) is 4.46. The van der Waals surface area contributed by atoms with Crippen molar-refractivity contribution < 1.29 is 4.74 Å². The zero-order valence-corrected chi connectivity index (χ0v) is 16.2. The van der Waals surface area contributed by atoms with Crippen molar-refractivity contribution in [2.75, 3.05) is 18.6 Å². The monoisotopic (exact) mass is 373 g/mol. The van der Waals surface area contributed by atoms with Gasteiger partial charge in [-0.2, -0.15) is 4.98 Å². The molecule has 4 N–H and O–H groups in total. The quantitative estimate of drug-likeness (QED) is 0.680. The van der Waals surface area contributed by atoms with Crippen LogP contribution in [0, 0.1) is 11.8 Å². The van der Waals surface area contributed by atoms with Gasteiger partial charge in [-0.25, -0.2) is 4.98 Å². The van der Waals surface area contributed by atoms with E-state index in [9.17, 15) is 0 Å². The Hall–Kier alpha value is -3.59. The van der Waals surface area contributed by atoms with Gasteiger partial charge in [0.05, 0.1) is 18.4 Å². The normalized spacial score (nSPS) is 11.4. The average molecular weight is 373 g/mol. The number of hydrogen-bond donors (Lipinski definition) is 2. The van der Waals surface area contributed by atoms with Crippen molar-refractivity contribution in [2.45, 2.75) is 26.2 Å². The summed E-state index contributed by atoms with van der Waals surface area (Å²) < 4.78 is 5.48. The number of rotatable bonds is 4. The molecule has 0 aliphatic carbocycles. The van der Waals surface area contributed by atoms with Crippen molar-refractivity contribution in [1.29, 1.82) is 0 Å². The summed E-state index contributed by atoms with van der Waals surface area (Å²) >= 11 is 0. The molecular weight excluding hydrogens is 350 g/mol. The summed E-state index contributed by atoms with van der Waals surface area (Å²) in [6.07, 6.45) is 4.22. The number of methoxy groups -OCH3 is 1. The number of nitrogens with zero attached hydrogens (tertiary/aromatic N) is 3. The van der Waals surface area contributed by atoms with Crippen molar-refractivity contribution in [3.05, 3.63) is 59.5 Å². The average Bonchev–Trinajstić information content (AvgIpc) is 2.72. The minimum atomic E-state index is -0.0441. The second-order valence-electron chi connectivity index (χ2n) is 6.36. The molecule has 0 aliphatic heterocycles. The van der Waals surface area contributed by atoms with Gasteiger partial charge in [0.25, 0.3) is 0 Å². The molecule has 0 bridgehead atoms. The topological polar surface area (TPSA) is 99.9 Å². The van der Waals surface area contributed by atoms with Crippen molar-refractivity contribution in [3.63, 3.8) is 0 Å². The van der Waals surface area contributed by atoms with E-state index >= 15 is 0 Å². The third kappa shape index (κ3) is 4.21. The van der Waals surface area contributed by atoms with Crippen LogP contribution in [0.25, 0.3) is 11.1 Å². The van der Waals surface area contributed by atoms with Crippen LogP contribution in [0.2, 0.25) is 0 Å². The van der Waals surface area contributed by atoms with Crippen molar-refractivity contribution in [1.82, 2.24) is 15.0 Å². The highest BCUT2D eigenvalue weighted by atomic mass is 16.5. The van der Waals surface area contributed by atoms with Gasteiger partial charge in [-0.3, -0.25) is 4.98 Å². The Morgan fingerprint density at radius 2 is 1.82 bits per heavy atom. The molecule has 0 spiro atoms. The van der Waals surface area contributed by atoms with E-state index in [2.05, 4.69) is 32.9 Å². The van der Waals surface area contributed by atoms with E-state index in [4.69, 9.17) is 16.2 Å². The van der Waals surface area contributed by atoms with E-state index in [1.54, 1.807) is 19.5 Å². The number of aromatic nitrogens is 3. The van der Waals surface area contributed by atoms with Gasteiger partial charge in [0.2, 0.25) is 5.95 Å². The maximum absolute atomic E-state index is 6.01. The molecule has 0 radical (unpaired) electrons. The highest BCUT2D eigenvalue weighted by molar-refractivity contribution is 5.66. The summed E-state index contributed by atoms with van der Waals surface area (Å²) in [5.41, 5.74) is 16.3. The molecular formula is C22H23N5O. The van der Waals surface area contributed by atoms with E-state index in [1.165, 1.54) is 0 Å². The first-order chi connectivity index (χ1) is 13.5. The molecule has 6 heteroatoms. The van der Waals surface area contributed by atoms with Gasteiger partial charge in [0.15, 0.2) is 0 Å². The Labute approximate surface area is 165 Å². The number of nitrogen functional groups attached to an aromatic ring is 2. The van der Waals surface area contributed by atoms with Crippen LogP contribution in [0.15, 0.2) is 42.7 Å². The van der Waals surface area contributed by atoms with Crippen LogP contribution in [-0.4, -0.2) is 22.1 Å². The number of aryl methyl sites for hydroxylation is 1. The predicted molar refractivity (Wildman–Crippen MR) is 112 cm³/mol. The van der Waals surface area contributed by atoms with Gasteiger partial charge >= 0.3 is 0 Å². The molecule has 0 saturated carbocycles. The fourth-order valence-corrected chi connectivity index (χ4v) is 2.90. The lowest BCUT2D eigenvalue weighted by Gasteiger charge is -2.11. The zero-order valence-electron chi connectivity index (χ0n) is 16.2. The van der Waals surface area contributed by atoms with Gasteiger partial charge in [0, 0.05) is 18.3 Å². The van der Waals surface area contributed by atoms with Crippen LogP contribution >= 0.6 is 0 Å². The van der Waals surface area contributed by atoms with Gasteiger partial charge in [-0.15, -0.1) is 0 Å². The standard InChI is InChI=1S/C22H23N5O/c1-4-20-19(21(23)27-22(24)26-20)6-5-14(2)16-11-17(13-18(12-16)28-3)15-7-9-25-10-8-15/h7-14H,4H2,1-3H3,(H4,23,24,26,27)/t14-/m0/s1. The molecule has 1 atom stereocenters. The van der Waals surface area contributed by atoms with Crippen LogP contribution < -0.4 is 16.2 Å². The molecule has 0 aliphatic rings. The molecule has 142 valence electrons. The summed E-state index contributed by atoms with van der Waals surface area (Å²) in [4.78, 5) is 12.4. The largest absolute Gasteiger partial charge is 0.497 e. The maximum atomic E-state index is 6.01. The number of anilines is 2. The first-order valence-corrected chi connectivity index (χ1v) is 9.04. The lowest BCUT2D eigenvalue weighted by molar-refractivity contribution is 0.414. The zero-order chi connectivity index (χ0) is 20.1. The maximum Gasteiger partial charge on any atom is 0.222 e. The highest BCUT2D eigenvalue weighted by Crippen LogP contribution is 2.29. The Morgan fingerprint density at radius 1 is 1.07 bits per heavy atom. The number of nitrogens with two attached hydrogens (primary N) is 2. The SMILES string of the molecule is CCc1nc(N)nc(N)c1C#C[C@H](C)c1cc(OC)cc(-c2ccncc2)c1. The summed E-state index contributed by atoms with van der Waals surface area (Å²) in [6.45, 7) is 4.02.